The third kappa shape index (κ3) is 4.89. The molecule has 0 unspecified atom stereocenters. The van der Waals surface area contributed by atoms with Crippen LogP contribution in [0.2, 0.25) is 0 Å². The molecule has 2 amide bonds. The van der Waals surface area contributed by atoms with Gasteiger partial charge in [-0.05, 0) is 28.3 Å². The molecule has 0 saturated heterocycles. The summed E-state index contributed by atoms with van der Waals surface area (Å²) in [4.78, 5) is 29.5. The first kappa shape index (κ1) is 24.1. The molecule has 4 N–H and O–H groups in total. The van der Waals surface area contributed by atoms with Gasteiger partial charge in [-0.15, -0.1) is 0 Å². The van der Waals surface area contributed by atoms with Crippen molar-refractivity contribution in [1.29, 1.82) is 0 Å². The van der Waals surface area contributed by atoms with Crippen molar-refractivity contribution in [2.24, 2.45) is 5.73 Å². The summed E-state index contributed by atoms with van der Waals surface area (Å²) in [5.41, 5.74) is 9.92. The number of fused-ring (bicyclic) bond motifs is 1. The van der Waals surface area contributed by atoms with Crippen LogP contribution in [0.25, 0.3) is 10.9 Å². The number of hydrogen-bond donors (Lipinski definition) is 3. The first-order chi connectivity index (χ1) is 18.1. The van der Waals surface area contributed by atoms with Gasteiger partial charge in [0.05, 0.1) is 5.41 Å². The van der Waals surface area contributed by atoms with Gasteiger partial charge in [0.1, 0.15) is 6.04 Å². The molecule has 0 bridgehead atoms. The van der Waals surface area contributed by atoms with E-state index in [4.69, 9.17) is 5.73 Å². The molecule has 184 valence electrons. The van der Waals surface area contributed by atoms with Gasteiger partial charge in [0.2, 0.25) is 11.8 Å². The van der Waals surface area contributed by atoms with Crippen molar-refractivity contribution in [3.63, 3.8) is 0 Å². The van der Waals surface area contributed by atoms with Crippen LogP contribution < -0.4 is 11.1 Å². The Balaban J connectivity index is 1.51. The molecule has 0 fully saturated rings. The van der Waals surface area contributed by atoms with Crippen LogP contribution in [0.4, 0.5) is 0 Å². The van der Waals surface area contributed by atoms with Gasteiger partial charge < -0.3 is 16.0 Å². The molecule has 37 heavy (non-hydrogen) atoms. The van der Waals surface area contributed by atoms with E-state index in [9.17, 15) is 9.59 Å². The second-order valence-corrected chi connectivity index (χ2v) is 9.27. The highest BCUT2D eigenvalue weighted by molar-refractivity contribution is 5.89. The van der Waals surface area contributed by atoms with E-state index in [2.05, 4.69) is 10.3 Å². The second kappa shape index (κ2) is 10.5. The number of carbonyl (C=O) groups excluding carboxylic acids is 2. The number of aromatic nitrogens is 1. The summed E-state index contributed by atoms with van der Waals surface area (Å²) in [5.74, 6) is -0.816. The number of primary amides is 1. The van der Waals surface area contributed by atoms with Crippen LogP contribution >= 0.6 is 0 Å². The first-order valence-electron chi connectivity index (χ1n) is 12.4. The standard InChI is InChI=1S/C32H29N3O2/c33-31(37)29(20-23-22-34-28-19-11-10-18-27(23)28)35-30(36)21-32(24-12-4-1-5-13-24,25-14-6-2-7-15-25)26-16-8-3-9-17-26/h1-19,22,29,34H,20-21H2,(H2,33,37)(H,35,36)/t29-/m0/s1. The fourth-order valence-electron chi connectivity index (χ4n) is 5.20. The van der Waals surface area contributed by atoms with Crippen LogP contribution in [-0.2, 0) is 21.4 Å². The van der Waals surface area contributed by atoms with Crippen LogP contribution in [0, 0.1) is 0 Å². The van der Waals surface area contributed by atoms with E-state index in [0.29, 0.717) is 6.42 Å². The molecule has 5 nitrogen and oxygen atoms in total. The minimum atomic E-state index is -0.841. The number of amides is 2. The Morgan fingerprint density at radius 3 is 1.73 bits per heavy atom. The van der Waals surface area contributed by atoms with E-state index in [-0.39, 0.29) is 12.3 Å². The molecule has 5 aromatic rings. The SMILES string of the molecule is NC(=O)[C@H](Cc1c[nH]c2ccccc12)NC(=O)CC(c1ccccc1)(c1ccccc1)c1ccccc1. The Hall–Kier alpha value is -4.64. The molecule has 0 aliphatic heterocycles. The molecule has 0 spiro atoms. The van der Waals surface area contributed by atoms with Crippen LogP contribution in [0.1, 0.15) is 28.7 Å². The maximum atomic E-state index is 13.8. The van der Waals surface area contributed by atoms with Crippen molar-refractivity contribution >= 4 is 22.7 Å². The number of H-pyrrole nitrogens is 1. The Morgan fingerprint density at radius 1 is 0.730 bits per heavy atom. The van der Waals surface area contributed by atoms with Gasteiger partial charge in [-0.25, -0.2) is 0 Å². The number of carbonyl (C=O) groups is 2. The predicted molar refractivity (Wildman–Crippen MR) is 147 cm³/mol. The summed E-state index contributed by atoms with van der Waals surface area (Å²) in [5, 5.41) is 3.97. The van der Waals surface area contributed by atoms with E-state index < -0.39 is 17.4 Å². The highest BCUT2D eigenvalue weighted by Gasteiger charge is 2.39. The van der Waals surface area contributed by atoms with Crippen molar-refractivity contribution in [1.82, 2.24) is 10.3 Å². The van der Waals surface area contributed by atoms with Crippen molar-refractivity contribution in [3.8, 4) is 0 Å². The molecule has 5 rings (SSSR count). The molecule has 1 aromatic heterocycles. The minimum Gasteiger partial charge on any atom is -0.368 e. The lowest BCUT2D eigenvalue weighted by molar-refractivity contribution is -0.127. The topological polar surface area (TPSA) is 88.0 Å². The average Bonchev–Trinajstić information content (AvgIpc) is 3.35. The maximum absolute atomic E-state index is 13.8. The fraction of sp³-hybridized carbons (Fsp3) is 0.125. The number of benzene rings is 4. The van der Waals surface area contributed by atoms with Crippen LogP contribution in [0.15, 0.2) is 121 Å². The van der Waals surface area contributed by atoms with E-state index in [1.54, 1.807) is 0 Å². The first-order valence-corrected chi connectivity index (χ1v) is 12.4. The normalized spacial score (nSPS) is 12.2. The van der Waals surface area contributed by atoms with Crippen molar-refractivity contribution in [3.05, 3.63) is 144 Å². The number of para-hydroxylation sites is 1. The summed E-state index contributed by atoms with van der Waals surface area (Å²) < 4.78 is 0. The number of aromatic amines is 1. The zero-order valence-corrected chi connectivity index (χ0v) is 20.4. The van der Waals surface area contributed by atoms with Crippen molar-refractivity contribution < 1.29 is 9.59 Å². The molecular weight excluding hydrogens is 458 g/mol. The Morgan fingerprint density at radius 2 is 1.22 bits per heavy atom. The minimum absolute atomic E-state index is 0.114. The zero-order chi connectivity index (χ0) is 25.7. The number of nitrogens with one attached hydrogen (secondary N) is 2. The zero-order valence-electron chi connectivity index (χ0n) is 20.4. The molecule has 5 heteroatoms. The lowest BCUT2D eigenvalue weighted by Crippen LogP contribution is -2.48. The van der Waals surface area contributed by atoms with Crippen LogP contribution in [-0.4, -0.2) is 22.8 Å². The van der Waals surface area contributed by atoms with Crippen LogP contribution in [0.3, 0.4) is 0 Å². The quantitative estimate of drug-likeness (QED) is 0.253. The predicted octanol–water partition coefficient (Wildman–Crippen LogP) is 5.11. The highest BCUT2D eigenvalue weighted by atomic mass is 16.2. The molecular formula is C32H29N3O2. The summed E-state index contributed by atoms with van der Waals surface area (Å²) in [7, 11) is 0. The molecule has 0 radical (unpaired) electrons. The largest absolute Gasteiger partial charge is 0.368 e. The number of hydrogen-bond acceptors (Lipinski definition) is 2. The van der Waals surface area contributed by atoms with Crippen molar-refractivity contribution in [2.75, 3.05) is 0 Å². The number of rotatable bonds is 9. The van der Waals surface area contributed by atoms with Gasteiger partial charge in [0.15, 0.2) is 0 Å². The lowest BCUT2D eigenvalue weighted by atomic mass is 9.67. The van der Waals surface area contributed by atoms with Gasteiger partial charge in [0.25, 0.3) is 0 Å². The molecule has 0 aliphatic rings. The molecule has 1 atom stereocenters. The summed E-state index contributed by atoms with van der Waals surface area (Å²) in [6.07, 6.45) is 2.29. The highest BCUT2D eigenvalue weighted by Crippen LogP contribution is 2.42. The van der Waals surface area contributed by atoms with Crippen molar-refractivity contribution in [2.45, 2.75) is 24.3 Å². The van der Waals surface area contributed by atoms with Gasteiger partial charge >= 0.3 is 0 Å². The third-order valence-electron chi connectivity index (χ3n) is 7.00. The van der Waals surface area contributed by atoms with Gasteiger partial charge in [-0.1, -0.05) is 109 Å². The molecule has 1 heterocycles. The summed E-state index contributed by atoms with van der Waals surface area (Å²) in [6, 6.07) is 37.1. The molecule has 4 aromatic carbocycles. The second-order valence-electron chi connectivity index (χ2n) is 9.27. The average molecular weight is 488 g/mol. The number of nitrogens with two attached hydrogens (primary N) is 1. The van der Waals surface area contributed by atoms with E-state index >= 15 is 0 Å². The van der Waals surface area contributed by atoms with Crippen LogP contribution in [0.5, 0.6) is 0 Å². The van der Waals surface area contributed by atoms with Gasteiger partial charge in [-0.3, -0.25) is 9.59 Å². The van der Waals surface area contributed by atoms with E-state index in [1.165, 1.54) is 0 Å². The van der Waals surface area contributed by atoms with E-state index in [0.717, 1.165) is 33.2 Å². The van der Waals surface area contributed by atoms with Gasteiger partial charge in [-0.2, -0.15) is 0 Å². The molecule has 0 aliphatic carbocycles. The Labute approximate surface area is 216 Å². The van der Waals surface area contributed by atoms with E-state index in [1.807, 2.05) is 121 Å². The monoisotopic (exact) mass is 487 g/mol. The Kier molecular flexibility index (Phi) is 6.86. The van der Waals surface area contributed by atoms with Gasteiger partial charge in [0, 0.05) is 29.9 Å². The smallest absolute Gasteiger partial charge is 0.240 e. The third-order valence-corrected chi connectivity index (χ3v) is 7.00. The maximum Gasteiger partial charge on any atom is 0.240 e. The summed E-state index contributed by atoms with van der Waals surface area (Å²) >= 11 is 0. The lowest BCUT2D eigenvalue weighted by Gasteiger charge is -2.36. The Bertz CT molecular complexity index is 1400. The fourth-order valence-corrected chi connectivity index (χ4v) is 5.20. The summed E-state index contributed by atoms with van der Waals surface area (Å²) in [6.45, 7) is 0. The molecule has 0 saturated carbocycles.